The second-order valence-electron chi connectivity index (χ2n) is 8.27. The van der Waals surface area contributed by atoms with Gasteiger partial charge in [-0.1, -0.05) is 75.8 Å². The Morgan fingerprint density at radius 3 is 2.23 bits per heavy atom. The Balaban J connectivity index is 2.55. The Kier molecular flexibility index (Phi) is 4.53. The summed E-state index contributed by atoms with van der Waals surface area (Å²) >= 11 is 6.28. The van der Waals surface area contributed by atoms with Gasteiger partial charge >= 0.3 is 0 Å². The summed E-state index contributed by atoms with van der Waals surface area (Å²) in [5.74, 6) is 0. The number of nitrogen functional groups attached to an aromatic ring is 1. The zero-order valence-electron chi connectivity index (χ0n) is 15.9. The third kappa shape index (κ3) is 2.87. The number of rotatable bonds is 2. The molecule has 2 aromatic carbocycles. The summed E-state index contributed by atoms with van der Waals surface area (Å²) in [7, 11) is -2.21. The first-order valence-corrected chi connectivity index (χ1v) is 12.1. The maximum absolute atomic E-state index is 13.7. The summed E-state index contributed by atoms with van der Waals surface area (Å²) in [4.78, 5) is 13.7. The maximum atomic E-state index is 13.7. The van der Waals surface area contributed by atoms with Crippen molar-refractivity contribution in [3.8, 4) is 11.1 Å². The first-order chi connectivity index (χ1) is 12.1. The van der Waals surface area contributed by atoms with Gasteiger partial charge in [0.25, 0.3) is 5.56 Å². The van der Waals surface area contributed by atoms with Crippen LogP contribution >= 0.6 is 11.6 Å². The zero-order valence-corrected chi connectivity index (χ0v) is 17.7. The van der Waals surface area contributed by atoms with E-state index in [1.807, 2.05) is 52.8 Å². The molecule has 0 unspecified atom stereocenters. The Morgan fingerprint density at radius 1 is 1.04 bits per heavy atom. The zero-order chi connectivity index (χ0) is 19.3. The predicted octanol–water partition coefficient (Wildman–Crippen LogP) is 5.76. The van der Waals surface area contributed by atoms with Crippen LogP contribution in [0.3, 0.4) is 0 Å². The van der Waals surface area contributed by atoms with Gasteiger partial charge in [-0.25, -0.2) is 0 Å². The molecule has 5 heteroatoms. The van der Waals surface area contributed by atoms with Gasteiger partial charge in [-0.3, -0.25) is 4.79 Å². The highest BCUT2D eigenvalue weighted by atomic mass is 35.5. The number of hydrogen-bond donors (Lipinski definition) is 1. The fourth-order valence-electron chi connectivity index (χ4n) is 3.16. The van der Waals surface area contributed by atoms with Crippen LogP contribution in [-0.2, 0) is 0 Å². The lowest BCUT2D eigenvalue weighted by Crippen LogP contribution is -2.51. The molecule has 0 aliphatic heterocycles. The third-order valence-corrected chi connectivity index (χ3v) is 11.1. The number of hydrogen-bond acceptors (Lipinski definition) is 2. The van der Waals surface area contributed by atoms with E-state index in [0.29, 0.717) is 16.3 Å². The minimum absolute atomic E-state index is 0.0177. The van der Waals surface area contributed by atoms with Gasteiger partial charge in [-0.2, -0.15) is 0 Å². The van der Waals surface area contributed by atoms with E-state index in [0.717, 1.165) is 16.5 Å². The van der Waals surface area contributed by atoms with Gasteiger partial charge in [0, 0.05) is 15.9 Å². The molecule has 0 atom stereocenters. The lowest BCUT2D eigenvalue weighted by molar-refractivity contribution is 0.699. The molecule has 3 aromatic rings. The summed E-state index contributed by atoms with van der Waals surface area (Å²) in [6, 6.07) is 15.3. The second-order valence-corrected chi connectivity index (χ2v) is 13.8. The molecule has 0 saturated carbocycles. The van der Waals surface area contributed by atoms with Gasteiger partial charge in [0.2, 0.25) is 0 Å². The molecule has 0 radical (unpaired) electrons. The lowest BCUT2D eigenvalue weighted by atomic mass is 10.0. The molecular weight excluding hydrogens is 360 g/mol. The monoisotopic (exact) mass is 384 g/mol. The molecule has 0 saturated heterocycles. The van der Waals surface area contributed by atoms with Crippen molar-refractivity contribution in [3.05, 3.63) is 63.9 Å². The molecule has 2 N–H and O–H groups in total. The molecule has 136 valence electrons. The van der Waals surface area contributed by atoms with Gasteiger partial charge in [-0.15, -0.1) is 0 Å². The molecule has 1 heterocycles. The van der Waals surface area contributed by atoms with E-state index in [1.54, 1.807) is 0 Å². The second kappa shape index (κ2) is 6.29. The molecular formula is C21H25ClN2OSi. The number of benzene rings is 2. The van der Waals surface area contributed by atoms with Crippen LogP contribution in [0.25, 0.3) is 22.0 Å². The standard InChI is InChI=1S/C21H25ClN2OSi/c1-21(2,3)26(4,5)24-17-13-15(22)11-12-16(17)19(23)18(20(24)25)14-9-7-6-8-10-14/h6-13H,23H2,1-5H3. The fraction of sp³-hybridized carbons (Fsp3) is 0.286. The van der Waals surface area contributed by atoms with Crippen molar-refractivity contribution in [2.45, 2.75) is 38.9 Å². The molecule has 0 fully saturated rings. The predicted molar refractivity (Wildman–Crippen MR) is 116 cm³/mol. The minimum Gasteiger partial charge on any atom is -0.398 e. The smallest absolute Gasteiger partial charge is 0.253 e. The van der Waals surface area contributed by atoms with Crippen molar-refractivity contribution in [1.82, 2.24) is 4.23 Å². The third-order valence-electron chi connectivity index (χ3n) is 5.63. The van der Waals surface area contributed by atoms with Crippen LogP contribution in [0, 0.1) is 0 Å². The molecule has 0 aliphatic rings. The Morgan fingerprint density at radius 2 is 1.65 bits per heavy atom. The number of pyridine rings is 1. The molecule has 1 aromatic heterocycles. The van der Waals surface area contributed by atoms with Gasteiger partial charge in [-0.05, 0) is 28.8 Å². The molecule has 0 spiro atoms. The van der Waals surface area contributed by atoms with Crippen molar-refractivity contribution in [2.24, 2.45) is 0 Å². The molecule has 0 bridgehead atoms. The Bertz CT molecular complexity index is 1030. The van der Waals surface area contributed by atoms with Crippen LogP contribution in [-0.4, -0.2) is 12.5 Å². The van der Waals surface area contributed by atoms with Crippen LogP contribution in [0.2, 0.25) is 23.2 Å². The van der Waals surface area contributed by atoms with Gasteiger partial charge in [0.05, 0.1) is 11.3 Å². The maximum Gasteiger partial charge on any atom is 0.253 e. The van der Waals surface area contributed by atoms with Crippen molar-refractivity contribution >= 4 is 36.4 Å². The topological polar surface area (TPSA) is 48.0 Å². The van der Waals surface area contributed by atoms with E-state index in [-0.39, 0.29) is 10.6 Å². The van der Waals surface area contributed by atoms with E-state index < -0.39 is 8.24 Å². The normalized spacial score (nSPS) is 12.5. The molecule has 3 rings (SSSR count). The summed E-state index contributed by atoms with van der Waals surface area (Å²) in [6.07, 6.45) is 0. The quantitative estimate of drug-likeness (QED) is 0.571. The van der Waals surface area contributed by atoms with E-state index in [4.69, 9.17) is 17.3 Å². The molecule has 26 heavy (non-hydrogen) atoms. The highest BCUT2D eigenvalue weighted by Gasteiger charge is 2.40. The first-order valence-electron chi connectivity index (χ1n) is 8.75. The van der Waals surface area contributed by atoms with Crippen LogP contribution in [0.1, 0.15) is 20.8 Å². The largest absolute Gasteiger partial charge is 0.398 e. The number of aromatic nitrogens is 1. The van der Waals surface area contributed by atoms with Crippen LogP contribution < -0.4 is 11.3 Å². The minimum atomic E-state index is -2.21. The van der Waals surface area contributed by atoms with E-state index in [2.05, 4.69) is 33.9 Å². The van der Waals surface area contributed by atoms with Gasteiger partial charge in [0.15, 0.2) is 8.24 Å². The van der Waals surface area contributed by atoms with Gasteiger partial charge in [0.1, 0.15) is 0 Å². The average Bonchev–Trinajstić information content (AvgIpc) is 2.54. The highest BCUT2D eigenvalue weighted by Crippen LogP contribution is 2.40. The lowest BCUT2D eigenvalue weighted by Gasteiger charge is -2.39. The Hall–Kier alpha value is -2.04. The fourth-order valence-corrected chi connectivity index (χ4v) is 5.41. The average molecular weight is 385 g/mol. The van der Waals surface area contributed by atoms with E-state index >= 15 is 0 Å². The number of halogens is 1. The number of nitrogens with two attached hydrogens (primary N) is 1. The summed E-state index contributed by atoms with van der Waals surface area (Å²) in [5, 5.41) is 1.46. The molecule has 0 amide bonds. The van der Waals surface area contributed by atoms with Crippen LogP contribution in [0.4, 0.5) is 5.69 Å². The number of anilines is 1. The van der Waals surface area contributed by atoms with Gasteiger partial charge < -0.3 is 9.97 Å². The summed E-state index contributed by atoms with van der Waals surface area (Å²) in [5.41, 5.74) is 9.21. The van der Waals surface area contributed by atoms with Crippen molar-refractivity contribution in [1.29, 1.82) is 0 Å². The number of fused-ring (bicyclic) bond motifs is 1. The molecule has 3 nitrogen and oxygen atoms in total. The Labute approximate surface area is 160 Å². The number of nitrogens with zero attached hydrogens (tertiary/aromatic N) is 1. The van der Waals surface area contributed by atoms with Crippen molar-refractivity contribution in [3.63, 3.8) is 0 Å². The molecule has 0 aliphatic carbocycles. The van der Waals surface area contributed by atoms with E-state index in [1.165, 1.54) is 0 Å². The summed E-state index contributed by atoms with van der Waals surface area (Å²) < 4.78 is 1.99. The van der Waals surface area contributed by atoms with E-state index in [9.17, 15) is 4.79 Å². The highest BCUT2D eigenvalue weighted by molar-refractivity contribution is 6.79. The van der Waals surface area contributed by atoms with Crippen LogP contribution in [0.5, 0.6) is 0 Å². The summed E-state index contributed by atoms with van der Waals surface area (Å²) in [6.45, 7) is 11.0. The van der Waals surface area contributed by atoms with Crippen molar-refractivity contribution in [2.75, 3.05) is 5.73 Å². The van der Waals surface area contributed by atoms with Crippen molar-refractivity contribution < 1.29 is 0 Å². The SMILES string of the molecule is CC(C)(C)[Si](C)(C)n1c(=O)c(-c2ccccc2)c(N)c2ccc(Cl)cc21. The van der Waals surface area contributed by atoms with Crippen LogP contribution in [0.15, 0.2) is 53.3 Å². The first kappa shape index (κ1) is 18.7.